The summed E-state index contributed by atoms with van der Waals surface area (Å²) in [6.07, 6.45) is 0.686. The first-order chi connectivity index (χ1) is 10.7. The van der Waals surface area contributed by atoms with Gasteiger partial charge in [-0.05, 0) is 39.2 Å². The molecule has 128 valence electrons. The summed E-state index contributed by atoms with van der Waals surface area (Å²) in [7, 11) is 0. The topological polar surface area (TPSA) is 84.7 Å². The molecule has 0 bridgehead atoms. The second-order valence-corrected chi connectivity index (χ2v) is 7.86. The molecule has 0 saturated carbocycles. The Bertz CT molecular complexity index is 567. The molecule has 1 saturated heterocycles. The third-order valence-electron chi connectivity index (χ3n) is 3.50. The minimum absolute atomic E-state index is 0.166. The van der Waals surface area contributed by atoms with E-state index in [1.807, 2.05) is 20.8 Å². The highest BCUT2D eigenvalue weighted by atomic mass is 32.1. The van der Waals surface area contributed by atoms with Crippen LogP contribution in [-0.2, 0) is 11.3 Å². The van der Waals surface area contributed by atoms with E-state index in [1.165, 1.54) is 17.4 Å². The number of thiophene rings is 1. The SMILES string of the molecule is CC(C)(C)OC(=O)N1CCC(CNCc2ccc([N+](=O)[O-])s2)C1. The molecule has 1 aliphatic heterocycles. The van der Waals surface area contributed by atoms with E-state index in [0.717, 1.165) is 17.8 Å². The summed E-state index contributed by atoms with van der Waals surface area (Å²) in [5.41, 5.74) is -0.471. The van der Waals surface area contributed by atoms with E-state index < -0.39 is 5.60 Å². The summed E-state index contributed by atoms with van der Waals surface area (Å²) in [5.74, 6) is 0.387. The molecule has 1 aromatic rings. The van der Waals surface area contributed by atoms with E-state index in [-0.39, 0.29) is 16.0 Å². The molecule has 1 aliphatic rings. The fourth-order valence-electron chi connectivity index (χ4n) is 2.45. The molecule has 0 spiro atoms. The van der Waals surface area contributed by atoms with Gasteiger partial charge in [-0.3, -0.25) is 10.1 Å². The third kappa shape index (κ3) is 5.47. The molecule has 0 aliphatic carbocycles. The van der Waals surface area contributed by atoms with Crippen molar-refractivity contribution in [3.05, 3.63) is 27.1 Å². The first kappa shape index (κ1) is 17.7. The average Bonchev–Trinajstić information content (AvgIpc) is 3.05. The molecule has 7 nitrogen and oxygen atoms in total. The fourth-order valence-corrected chi connectivity index (χ4v) is 3.24. The first-order valence-electron chi connectivity index (χ1n) is 7.66. The van der Waals surface area contributed by atoms with Crippen LogP contribution in [0.25, 0.3) is 0 Å². The van der Waals surface area contributed by atoms with Crippen LogP contribution in [-0.4, -0.2) is 41.2 Å². The molecule has 1 aromatic heterocycles. The molecule has 1 amide bonds. The normalized spacial score (nSPS) is 18.2. The number of nitro groups is 1. The number of amides is 1. The summed E-state index contributed by atoms with van der Waals surface area (Å²) in [6, 6.07) is 3.30. The second kappa shape index (κ2) is 7.27. The molecule has 23 heavy (non-hydrogen) atoms. The van der Waals surface area contributed by atoms with Crippen LogP contribution in [0.5, 0.6) is 0 Å². The average molecular weight is 341 g/mol. The van der Waals surface area contributed by atoms with E-state index in [1.54, 1.807) is 11.0 Å². The van der Waals surface area contributed by atoms with Gasteiger partial charge in [-0.15, -0.1) is 0 Å². The van der Waals surface area contributed by atoms with Crippen LogP contribution in [0.1, 0.15) is 32.1 Å². The fraction of sp³-hybridized carbons (Fsp3) is 0.667. The van der Waals surface area contributed by atoms with Crippen LogP contribution in [0.2, 0.25) is 0 Å². The summed E-state index contributed by atoms with van der Waals surface area (Å²) in [6.45, 7) is 8.38. The van der Waals surface area contributed by atoms with Gasteiger partial charge in [0.2, 0.25) is 0 Å². The number of ether oxygens (including phenoxy) is 1. The van der Waals surface area contributed by atoms with E-state index >= 15 is 0 Å². The Morgan fingerprint density at radius 3 is 2.87 bits per heavy atom. The molecule has 2 rings (SSSR count). The largest absolute Gasteiger partial charge is 0.444 e. The molecular formula is C15H23N3O4S. The minimum Gasteiger partial charge on any atom is -0.444 e. The summed E-state index contributed by atoms with van der Waals surface area (Å²) < 4.78 is 5.37. The van der Waals surface area contributed by atoms with Gasteiger partial charge >= 0.3 is 11.1 Å². The Hall–Kier alpha value is -1.67. The van der Waals surface area contributed by atoms with Gasteiger partial charge in [0.15, 0.2) is 0 Å². The van der Waals surface area contributed by atoms with E-state index in [4.69, 9.17) is 4.74 Å². The van der Waals surface area contributed by atoms with Crippen LogP contribution in [0, 0.1) is 16.0 Å². The highest BCUT2D eigenvalue weighted by Crippen LogP contribution is 2.24. The lowest BCUT2D eigenvalue weighted by atomic mass is 10.1. The van der Waals surface area contributed by atoms with Crippen LogP contribution in [0.3, 0.4) is 0 Å². The quantitative estimate of drug-likeness (QED) is 0.657. The van der Waals surface area contributed by atoms with Crippen molar-refractivity contribution in [3.63, 3.8) is 0 Å². The van der Waals surface area contributed by atoms with Crippen molar-refractivity contribution in [2.24, 2.45) is 5.92 Å². The van der Waals surface area contributed by atoms with E-state index in [9.17, 15) is 14.9 Å². The summed E-state index contributed by atoms with van der Waals surface area (Å²) in [5, 5.41) is 14.1. The molecule has 1 atom stereocenters. The zero-order valence-corrected chi connectivity index (χ0v) is 14.5. The Morgan fingerprint density at radius 1 is 1.52 bits per heavy atom. The first-order valence-corrected chi connectivity index (χ1v) is 8.48. The van der Waals surface area contributed by atoms with E-state index in [2.05, 4.69) is 5.32 Å². The van der Waals surface area contributed by atoms with Gasteiger partial charge in [0.05, 0.1) is 4.92 Å². The lowest BCUT2D eigenvalue weighted by Gasteiger charge is -2.24. The zero-order chi connectivity index (χ0) is 17.0. The number of nitrogens with one attached hydrogen (secondary N) is 1. The van der Waals surface area contributed by atoms with Crippen LogP contribution in [0.4, 0.5) is 9.80 Å². The smallest absolute Gasteiger partial charge is 0.410 e. The number of likely N-dealkylation sites (tertiary alicyclic amines) is 1. The summed E-state index contributed by atoms with van der Waals surface area (Å²) >= 11 is 1.19. The predicted molar refractivity (Wildman–Crippen MR) is 88.6 cm³/mol. The maximum Gasteiger partial charge on any atom is 0.410 e. The van der Waals surface area contributed by atoms with Crippen molar-refractivity contribution in [2.45, 2.75) is 39.3 Å². The monoisotopic (exact) mass is 341 g/mol. The number of hydrogen-bond donors (Lipinski definition) is 1. The van der Waals surface area contributed by atoms with Gasteiger partial charge in [-0.25, -0.2) is 4.79 Å². The number of carbonyl (C=O) groups excluding carboxylic acids is 1. The van der Waals surface area contributed by atoms with Gasteiger partial charge < -0.3 is 15.0 Å². The number of nitrogens with zero attached hydrogens (tertiary/aromatic N) is 2. The highest BCUT2D eigenvalue weighted by Gasteiger charge is 2.29. The molecule has 2 heterocycles. The highest BCUT2D eigenvalue weighted by molar-refractivity contribution is 7.15. The Kier molecular flexibility index (Phi) is 5.59. The van der Waals surface area contributed by atoms with Gasteiger partial charge in [-0.1, -0.05) is 11.3 Å². The molecule has 0 aromatic carbocycles. The van der Waals surface area contributed by atoms with Crippen LogP contribution >= 0.6 is 11.3 Å². The Balaban J connectivity index is 1.71. The van der Waals surface area contributed by atoms with Crippen molar-refractivity contribution in [1.29, 1.82) is 0 Å². The van der Waals surface area contributed by atoms with Crippen LogP contribution < -0.4 is 5.32 Å². The van der Waals surface area contributed by atoms with Crippen molar-refractivity contribution in [3.8, 4) is 0 Å². The maximum atomic E-state index is 12.0. The number of carbonyl (C=O) groups is 1. The van der Waals surface area contributed by atoms with Gasteiger partial charge in [0.1, 0.15) is 5.60 Å². The van der Waals surface area contributed by atoms with Crippen LogP contribution in [0.15, 0.2) is 12.1 Å². The lowest BCUT2D eigenvalue weighted by molar-refractivity contribution is -0.380. The van der Waals surface area contributed by atoms with Crippen molar-refractivity contribution in [1.82, 2.24) is 10.2 Å². The van der Waals surface area contributed by atoms with Crippen molar-refractivity contribution >= 4 is 22.4 Å². The Labute approximate surface area is 139 Å². The predicted octanol–water partition coefficient (Wildman–Crippen LogP) is 3.00. The van der Waals surface area contributed by atoms with Gasteiger partial charge in [0.25, 0.3) is 0 Å². The van der Waals surface area contributed by atoms with Gasteiger partial charge in [0, 0.05) is 37.1 Å². The molecule has 8 heteroatoms. The van der Waals surface area contributed by atoms with E-state index in [0.29, 0.717) is 25.6 Å². The van der Waals surface area contributed by atoms with Crippen molar-refractivity contribution in [2.75, 3.05) is 19.6 Å². The maximum absolute atomic E-state index is 12.0. The minimum atomic E-state index is -0.471. The second-order valence-electron chi connectivity index (χ2n) is 6.71. The number of hydrogen-bond acceptors (Lipinski definition) is 6. The zero-order valence-electron chi connectivity index (χ0n) is 13.7. The molecule has 0 radical (unpaired) electrons. The number of rotatable bonds is 5. The van der Waals surface area contributed by atoms with Crippen molar-refractivity contribution < 1.29 is 14.5 Å². The lowest BCUT2D eigenvalue weighted by Crippen LogP contribution is -2.36. The molecule has 1 N–H and O–H groups in total. The third-order valence-corrected chi connectivity index (χ3v) is 4.53. The summed E-state index contributed by atoms with van der Waals surface area (Å²) in [4.78, 5) is 24.9. The standard InChI is InChI=1S/C15H23N3O4S/c1-15(2,3)22-14(19)17-7-6-11(10-17)8-16-9-12-4-5-13(23-12)18(20)21/h4-5,11,16H,6-10H2,1-3H3. The molecular weight excluding hydrogens is 318 g/mol. The molecule has 1 fully saturated rings. The van der Waals surface area contributed by atoms with Gasteiger partial charge in [-0.2, -0.15) is 0 Å². The Morgan fingerprint density at radius 2 is 2.26 bits per heavy atom. The molecule has 1 unspecified atom stereocenters.